The number of benzene rings is 1. The Morgan fingerprint density at radius 1 is 1.03 bits per heavy atom. The van der Waals surface area contributed by atoms with Gasteiger partial charge in [0.15, 0.2) is 0 Å². The molecule has 7 nitrogen and oxygen atoms in total. The second-order valence-electron chi connectivity index (χ2n) is 9.33. The summed E-state index contributed by atoms with van der Waals surface area (Å²) in [6, 6.07) is 9.96. The number of para-hydroxylation sites is 1. The van der Waals surface area contributed by atoms with Crippen LogP contribution in [0, 0.1) is 0 Å². The molecule has 0 bridgehead atoms. The van der Waals surface area contributed by atoms with Gasteiger partial charge in [-0.15, -0.1) is 11.3 Å². The number of nitrogens with one attached hydrogen (secondary N) is 1. The first-order chi connectivity index (χ1) is 16.7. The van der Waals surface area contributed by atoms with Gasteiger partial charge in [-0.2, -0.15) is 0 Å². The maximum absolute atomic E-state index is 13.8. The molecule has 0 radical (unpaired) electrons. The Morgan fingerprint density at radius 2 is 1.79 bits per heavy atom. The third-order valence-electron chi connectivity index (χ3n) is 7.13. The number of amides is 1. The maximum Gasteiger partial charge on any atom is 0.258 e. The molecule has 0 unspecified atom stereocenters. The minimum Gasteiger partial charge on any atom is -0.370 e. The number of rotatable bonds is 5. The number of aromatic nitrogens is 2. The monoisotopic (exact) mass is 475 g/mol. The summed E-state index contributed by atoms with van der Waals surface area (Å²) < 4.78 is 3.02. The molecule has 2 fully saturated rings. The van der Waals surface area contributed by atoms with Crippen LogP contribution >= 0.6 is 11.3 Å². The number of hydrogen-bond donors (Lipinski definition) is 1. The van der Waals surface area contributed by atoms with Crippen molar-refractivity contribution >= 4 is 49.0 Å². The standard InChI is InChI=1S/C26H29N5O2S/c32-23-19-16-18(30-13-4-1-5-14-30)17-28-24(19)31-20-8-2-3-9-21(20)34-26(31)22(23)25(33)27-10-15-29-11-6-7-12-29/h2-3,8-9,16-17H,1,4-7,10-15H2,(H,27,33). The van der Waals surface area contributed by atoms with E-state index >= 15 is 0 Å². The summed E-state index contributed by atoms with van der Waals surface area (Å²) >= 11 is 1.48. The molecule has 6 rings (SSSR count). The Bertz CT molecular complexity index is 1430. The van der Waals surface area contributed by atoms with Crippen molar-refractivity contribution in [1.29, 1.82) is 0 Å². The van der Waals surface area contributed by atoms with E-state index in [9.17, 15) is 9.59 Å². The van der Waals surface area contributed by atoms with Gasteiger partial charge in [0.1, 0.15) is 16.0 Å². The van der Waals surface area contributed by atoms with Crippen LogP contribution in [0.5, 0.6) is 0 Å². The molecule has 0 saturated carbocycles. The van der Waals surface area contributed by atoms with Gasteiger partial charge < -0.3 is 15.1 Å². The van der Waals surface area contributed by atoms with Crippen LogP contribution in [-0.4, -0.2) is 59.5 Å². The topological polar surface area (TPSA) is 70.0 Å². The number of hydrogen-bond acceptors (Lipinski definition) is 6. The van der Waals surface area contributed by atoms with Crippen LogP contribution in [0.1, 0.15) is 42.5 Å². The quantitative estimate of drug-likeness (QED) is 0.474. The van der Waals surface area contributed by atoms with E-state index in [4.69, 9.17) is 4.98 Å². The summed E-state index contributed by atoms with van der Waals surface area (Å²) in [7, 11) is 0. The maximum atomic E-state index is 13.8. The molecule has 34 heavy (non-hydrogen) atoms. The molecule has 2 aliphatic heterocycles. The third kappa shape index (κ3) is 3.75. The number of thiazole rings is 1. The highest BCUT2D eigenvalue weighted by molar-refractivity contribution is 7.24. The van der Waals surface area contributed by atoms with E-state index in [0.717, 1.165) is 61.5 Å². The highest BCUT2D eigenvalue weighted by Gasteiger charge is 2.24. The lowest BCUT2D eigenvalue weighted by Gasteiger charge is -2.28. The van der Waals surface area contributed by atoms with Gasteiger partial charge in [0.05, 0.1) is 27.5 Å². The largest absolute Gasteiger partial charge is 0.370 e. The van der Waals surface area contributed by atoms with Crippen molar-refractivity contribution in [2.24, 2.45) is 0 Å². The number of piperidine rings is 1. The first-order valence-corrected chi connectivity index (χ1v) is 13.1. The summed E-state index contributed by atoms with van der Waals surface area (Å²) in [5.74, 6) is -0.293. The second kappa shape index (κ2) is 9.00. The zero-order valence-electron chi connectivity index (χ0n) is 19.3. The average molecular weight is 476 g/mol. The van der Waals surface area contributed by atoms with Gasteiger partial charge in [-0.05, 0) is 63.4 Å². The predicted molar refractivity (Wildman–Crippen MR) is 138 cm³/mol. The minimum absolute atomic E-state index is 0.229. The molecule has 0 aliphatic carbocycles. The molecule has 4 aromatic rings. The summed E-state index contributed by atoms with van der Waals surface area (Å²) in [6.07, 6.45) is 7.85. The summed E-state index contributed by atoms with van der Waals surface area (Å²) in [5, 5.41) is 3.54. The summed E-state index contributed by atoms with van der Waals surface area (Å²) in [5.41, 5.74) is 2.55. The molecule has 2 saturated heterocycles. The van der Waals surface area contributed by atoms with Gasteiger partial charge in [0.25, 0.3) is 5.91 Å². The van der Waals surface area contributed by atoms with Crippen molar-refractivity contribution in [1.82, 2.24) is 19.6 Å². The van der Waals surface area contributed by atoms with Crippen molar-refractivity contribution in [3.8, 4) is 0 Å². The molecule has 2 aliphatic rings. The molecule has 1 aromatic carbocycles. The van der Waals surface area contributed by atoms with Crippen molar-refractivity contribution in [2.75, 3.05) is 44.2 Å². The Morgan fingerprint density at radius 3 is 2.62 bits per heavy atom. The van der Waals surface area contributed by atoms with Crippen molar-refractivity contribution in [3.63, 3.8) is 0 Å². The number of pyridine rings is 2. The minimum atomic E-state index is -0.293. The number of carbonyl (C=O) groups is 1. The number of fused-ring (bicyclic) bond motifs is 5. The fourth-order valence-electron chi connectivity index (χ4n) is 5.33. The van der Waals surface area contributed by atoms with Crippen LogP contribution in [0.15, 0.2) is 41.3 Å². The van der Waals surface area contributed by atoms with E-state index in [-0.39, 0.29) is 16.9 Å². The van der Waals surface area contributed by atoms with Gasteiger partial charge >= 0.3 is 0 Å². The molecule has 1 N–H and O–H groups in total. The molecule has 5 heterocycles. The fourth-order valence-corrected chi connectivity index (χ4v) is 6.51. The van der Waals surface area contributed by atoms with Gasteiger partial charge in [-0.3, -0.25) is 14.0 Å². The number of anilines is 1. The lowest BCUT2D eigenvalue weighted by molar-refractivity contribution is 0.0950. The molecule has 8 heteroatoms. The lowest BCUT2D eigenvalue weighted by atomic mass is 10.1. The van der Waals surface area contributed by atoms with E-state index in [1.165, 1.54) is 30.6 Å². The average Bonchev–Trinajstić information content (AvgIpc) is 3.52. The van der Waals surface area contributed by atoms with E-state index in [0.29, 0.717) is 22.4 Å². The van der Waals surface area contributed by atoms with Crippen LogP contribution in [0.3, 0.4) is 0 Å². The van der Waals surface area contributed by atoms with Crippen molar-refractivity contribution < 1.29 is 4.79 Å². The smallest absolute Gasteiger partial charge is 0.258 e. The number of nitrogens with zero attached hydrogens (tertiary/aromatic N) is 4. The third-order valence-corrected chi connectivity index (χ3v) is 8.27. The first kappa shape index (κ1) is 21.6. The summed E-state index contributed by atoms with van der Waals surface area (Å²) in [4.78, 5) is 37.3. The molecule has 176 valence electrons. The van der Waals surface area contributed by atoms with Crippen LogP contribution in [-0.2, 0) is 0 Å². The predicted octanol–water partition coefficient (Wildman–Crippen LogP) is 3.88. The Hall–Kier alpha value is -2.97. The van der Waals surface area contributed by atoms with Gasteiger partial charge in [0, 0.05) is 26.2 Å². The zero-order valence-corrected chi connectivity index (χ0v) is 20.1. The number of likely N-dealkylation sites (tertiary alicyclic amines) is 1. The highest BCUT2D eigenvalue weighted by Crippen LogP contribution is 2.31. The second-order valence-corrected chi connectivity index (χ2v) is 10.4. The van der Waals surface area contributed by atoms with E-state index in [2.05, 4.69) is 15.1 Å². The lowest BCUT2D eigenvalue weighted by Crippen LogP contribution is -2.36. The van der Waals surface area contributed by atoms with E-state index < -0.39 is 0 Å². The van der Waals surface area contributed by atoms with Crippen LogP contribution < -0.4 is 15.6 Å². The van der Waals surface area contributed by atoms with E-state index in [1.807, 2.05) is 40.9 Å². The Labute approximate surface area is 202 Å². The van der Waals surface area contributed by atoms with Gasteiger partial charge in [-0.1, -0.05) is 12.1 Å². The molecule has 1 amide bonds. The normalized spacial score (nSPS) is 17.2. The van der Waals surface area contributed by atoms with Crippen molar-refractivity contribution in [2.45, 2.75) is 32.1 Å². The highest BCUT2D eigenvalue weighted by atomic mass is 32.1. The molecule has 0 spiro atoms. The van der Waals surface area contributed by atoms with Gasteiger partial charge in [0.2, 0.25) is 5.43 Å². The molecular formula is C26H29N5O2S. The Kier molecular flexibility index (Phi) is 5.71. The van der Waals surface area contributed by atoms with Crippen LogP contribution in [0.2, 0.25) is 0 Å². The zero-order chi connectivity index (χ0) is 23.1. The fraction of sp³-hybridized carbons (Fsp3) is 0.423. The SMILES string of the molecule is O=C(NCCN1CCCC1)c1c(=O)c2cc(N3CCCCC3)cnc2n2c1sc1ccccc12. The number of carbonyl (C=O) groups excluding carboxylic acids is 1. The molecular weight excluding hydrogens is 446 g/mol. The van der Waals surface area contributed by atoms with Crippen LogP contribution in [0.25, 0.3) is 26.1 Å². The molecule has 3 aromatic heterocycles. The van der Waals surface area contributed by atoms with E-state index in [1.54, 1.807) is 0 Å². The summed E-state index contributed by atoms with van der Waals surface area (Å²) in [6.45, 7) is 5.47. The van der Waals surface area contributed by atoms with Gasteiger partial charge in [-0.25, -0.2) is 4.98 Å². The molecule has 0 atom stereocenters. The Balaban J connectivity index is 1.47. The van der Waals surface area contributed by atoms with Crippen LogP contribution in [0.4, 0.5) is 5.69 Å². The first-order valence-electron chi connectivity index (χ1n) is 12.3. The van der Waals surface area contributed by atoms with Crippen molar-refractivity contribution in [3.05, 3.63) is 52.3 Å².